The molecule has 1 heterocycles. The van der Waals surface area contributed by atoms with Crippen LogP contribution in [0.15, 0.2) is 42.5 Å². The Labute approximate surface area is 188 Å². The summed E-state index contributed by atoms with van der Waals surface area (Å²) in [6, 6.07) is 13.7. The van der Waals surface area contributed by atoms with E-state index in [1.165, 1.54) is 5.56 Å². The van der Waals surface area contributed by atoms with Crippen LogP contribution < -0.4 is 10.1 Å². The summed E-state index contributed by atoms with van der Waals surface area (Å²) in [6.07, 6.45) is 1.01. The van der Waals surface area contributed by atoms with E-state index in [0.717, 1.165) is 38.3 Å². The number of carbonyl (C=O) groups is 1. The van der Waals surface area contributed by atoms with E-state index in [2.05, 4.69) is 46.4 Å². The lowest BCUT2D eigenvalue weighted by Crippen LogP contribution is -2.43. The molecule has 0 saturated carbocycles. The van der Waals surface area contributed by atoms with Crippen LogP contribution in [0.2, 0.25) is 10.0 Å². The maximum absolute atomic E-state index is 12.2. The Morgan fingerprint density at radius 1 is 1.07 bits per heavy atom. The number of hydrogen-bond donors (Lipinski definition) is 1. The quantitative estimate of drug-likeness (QED) is 0.582. The molecule has 1 saturated heterocycles. The zero-order valence-electron chi connectivity index (χ0n) is 17.4. The molecule has 0 aliphatic carbocycles. The number of halogens is 2. The minimum absolute atomic E-state index is 0.0141. The molecule has 3 rings (SSSR count). The van der Waals surface area contributed by atoms with Gasteiger partial charge in [-0.2, -0.15) is 0 Å². The van der Waals surface area contributed by atoms with Crippen molar-refractivity contribution in [3.8, 4) is 5.75 Å². The van der Waals surface area contributed by atoms with Gasteiger partial charge in [0.25, 0.3) is 0 Å². The number of benzene rings is 2. The van der Waals surface area contributed by atoms with Crippen molar-refractivity contribution in [3.63, 3.8) is 0 Å². The molecule has 7 heteroatoms. The van der Waals surface area contributed by atoms with Crippen molar-refractivity contribution in [2.24, 2.45) is 0 Å². The van der Waals surface area contributed by atoms with Crippen LogP contribution in [0, 0.1) is 0 Å². The third-order valence-electron chi connectivity index (χ3n) is 5.21. The van der Waals surface area contributed by atoms with Gasteiger partial charge in [-0.1, -0.05) is 53.5 Å². The average Bonchev–Trinajstić information content (AvgIpc) is 2.74. The second-order valence-corrected chi connectivity index (χ2v) is 8.47. The van der Waals surface area contributed by atoms with Crippen LogP contribution in [-0.4, -0.2) is 55.5 Å². The summed E-state index contributed by atoms with van der Waals surface area (Å²) in [7, 11) is 2.17. The Hall–Kier alpha value is -1.79. The summed E-state index contributed by atoms with van der Waals surface area (Å²) in [5, 5.41) is 3.86. The molecule has 0 atom stereocenters. The predicted octanol–water partition coefficient (Wildman–Crippen LogP) is 4.22. The van der Waals surface area contributed by atoms with E-state index in [4.69, 9.17) is 27.9 Å². The lowest BCUT2D eigenvalue weighted by Gasteiger charge is -2.32. The zero-order valence-corrected chi connectivity index (χ0v) is 18.9. The van der Waals surface area contributed by atoms with E-state index >= 15 is 0 Å². The Bertz CT molecular complexity index is 839. The van der Waals surface area contributed by atoms with Gasteiger partial charge < -0.3 is 15.0 Å². The van der Waals surface area contributed by atoms with Crippen LogP contribution in [0.4, 0.5) is 0 Å². The normalized spacial score (nSPS) is 15.2. The fourth-order valence-corrected chi connectivity index (χ4v) is 3.75. The molecule has 1 amide bonds. The van der Waals surface area contributed by atoms with Gasteiger partial charge in [-0.15, -0.1) is 0 Å². The minimum atomic E-state index is 0.0141. The average molecular weight is 450 g/mol. The molecule has 1 aliphatic heterocycles. The van der Waals surface area contributed by atoms with Crippen molar-refractivity contribution >= 4 is 29.1 Å². The number of nitrogens with zero attached hydrogens (tertiary/aromatic N) is 2. The van der Waals surface area contributed by atoms with E-state index in [0.29, 0.717) is 41.8 Å². The summed E-state index contributed by atoms with van der Waals surface area (Å²) in [5.74, 6) is 0.557. The summed E-state index contributed by atoms with van der Waals surface area (Å²) in [5.41, 5.74) is 2.41. The summed E-state index contributed by atoms with van der Waals surface area (Å²) in [4.78, 5) is 17.0. The van der Waals surface area contributed by atoms with Crippen molar-refractivity contribution < 1.29 is 9.53 Å². The number of ether oxygens (including phenoxy) is 1. The molecule has 0 spiro atoms. The first kappa shape index (κ1) is 22.9. The molecule has 0 bridgehead atoms. The fraction of sp³-hybridized carbons (Fsp3) is 0.435. The highest BCUT2D eigenvalue weighted by atomic mass is 35.5. The lowest BCUT2D eigenvalue weighted by molar-refractivity contribution is -0.121. The van der Waals surface area contributed by atoms with Gasteiger partial charge in [0.1, 0.15) is 10.8 Å². The number of piperazine rings is 1. The molecule has 2 aromatic rings. The molecule has 0 unspecified atom stereocenters. The van der Waals surface area contributed by atoms with Gasteiger partial charge in [0.2, 0.25) is 5.91 Å². The maximum atomic E-state index is 12.2. The molecular weight excluding hydrogens is 421 g/mol. The first-order valence-electron chi connectivity index (χ1n) is 10.3. The number of amides is 1. The second-order valence-electron chi connectivity index (χ2n) is 7.68. The summed E-state index contributed by atoms with van der Waals surface area (Å²) < 4.78 is 5.62. The Morgan fingerprint density at radius 2 is 1.80 bits per heavy atom. The molecule has 2 aromatic carbocycles. The van der Waals surface area contributed by atoms with Gasteiger partial charge in [0, 0.05) is 45.7 Å². The Balaban J connectivity index is 1.36. The zero-order chi connectivity index (χ0) is 21.3. The van der Waals surface area contributed by atoms with Crippen LogP contribution in [-0.2, 0) is 17.9 Å². The van der Waals surface area contributed by atoms with Crippen molar-refractivity contribution in [2.45, 2.75) is 25.9 Å². The molecule has 1 fully saturated rings. The topological polar surface area (TPSA) is 44.8 Å². The highest BCUT2D eigenvalue weighted by Gasteiger charge is 2.14. The van der Waals surface area contributed by atoms with Crippen LogP contribution >= 0.6 is 23.2 Å². The highest BCUT2D eigenvalue weighted by Crippen LogP contribution is 2.31. The first-order valence-corrected chi connectivity index (χ1v) is 11.1. The van der Waals surface area contributed by atoms with Crippen molar-refractivity contribution in [1.82, 2.24) is 15.1 Å². The van der Waals surface area contributed by atoms with Crippen LogP contribution in [0.5, 0.6) is 5.75 Å². The second kappa shape index (κ2) is 11.6. The van der Waals surface area contributed by atoms with E-state index < -0.39 is 0 Å². The Kier molecular flexibility index (Phi) is 8.82. The lowest BCUT2D eigenvalue weighted by atomic mass is 10.1. The van der Waals surface area contributed by atoms with Crippen LogP contribution in [0.1, 0.15) is 24.0 Å². The molecule has 0 radical (unpaired) electrons. The smallest absolute Gasteiger partial charge is 0.220 e. The molecular formula is C23H29Cl2N3O2. The number of hydrogen-bond acceptors (Lipinski definition) is 4. The minimum Gasteiger partial charge on any atom is -0.492 e. The van der Waals surface area contributed by atoms with Gasteiger partial charge in [-0.3, -0.25) is 9.69 Å². The first-order chi connectivity index (χ1) is 14.5. The number of carbonyl (C=O) groups excluding carboxylic acids is 1. The molecule has 0 aromatic heterocycles. The third kappa shape index (κ3) is 7.17. The molecule has 5 nitrogen and oxygen atoms in total. The maximum Gasteiger partial charge on any atom is 0.220 e. The van der Waals surface area contributed by atoms with Crippen molar-refractivity contribution in [3.05, 3.63) is 63.6 Å². The van der Waals surface area contributed by atoms with E-state index in [-0.39, 0.29) is 5.91 Å². The monoisotopic (exact) mass is 449 g/mol. The summed E-state index contributed by atoms with van der Waals surface area (Å²) in [6.45, 7) is 6.33. The number of rotatable bonds is 9. The molecule has 162 valence electrons. The third-order valence-corrected chi connectivity index (χ3v) is 6.01. The van der Waals surface area contributed by atoms with Crippen molar-refractivity contribution in [2.75, 3.05) is 39.8 Å². The molecule has 1 N–H and O–H groups in total. The summed E-state index contributed by atoms with van der Waals surface area (Å²) >= 11 is 12.1. The standard InChI is InChI=1S/C23H29Cl2N3O2/c1-27-10-12-28(13-11-27)17-19-6-2-5-18(15-19)16-26-22(29)9-4-14-30-21-8-3-7-20(24)23(21)25/h2-3,5-8,15H,4,9-14,16-17H2,1H3,(H,26,29). The number of likely N-dealkylation sites (N-methyl/N-ethyl adjacent to an activating group) is 1. The SMILES string of the molecule is CN1CCN(Cc2cccc(CNC(=O)CCCOc3cccc(Cl)c3Cl)c2)CC1. The van der Waals surface area contributed by atoms with Crippen LogP contribution in [0.25, 0.3) is 0 Å². The van der Waals surface area contributed by atoms with Gasteiger partial charge >= 0.3 is 0 Å². The predicted molar refractivity (Wildman–Crippen MR) is 122 cm³/mol. The fourth-order valence-electron chi connectivity index (χ4n) is 3.40. The molecule has 30 heavy (non-hydrogen) atoms. The largest absolute Gasteiger partial charge is 0.492 e. The van der Waals surface area contributed by atoms with E-state index in [9.17, 15) is 4.79 Å². The van der Waals surface area contributed by atoms with E-state index in [1.54, 1.807) is 18.2 Å². The van der Waals surface area contributed by atoms with Gasteiger partial charge in [-0.05, 0) is 36.7 Å². The van der Waals surface area contributed by atoms with E-state index in [1.807, 2.05) is 0 Å². The van der Waals surface area contributed by atoms with Gasteiger partial charge in [0.05, 0.1) is 11.6 Å². The van der Waals surface area contributed by atoms with Crippen LogP contribution in [0.3, 0.4) is 0 Å². The number of nitrogens with one attached hydrogen (secondary N) is 1. The Morgan fingerprint density at radius 3 is 2.60 bits per heavy atom. The highest BCUT2D eigenvalue weighted by molar-refractivity contribution is 6.42. The van der Waals surface area contributed by atoms with Gasteiger partial charge in [-0.25, -0.2) is 0 Å². The molecule has 1 aliphatic rings. The van der Waals surface area contributed by atoms with Gasteiger partial charge in [0.15, 0.2) is 0 Å². The van der Waals surface area contributed by atoms with Crippen molar-refractivity contribution in [1.29, 1.82) is 0 Å².